The Bertz CT molecular complexity index is 1170. The predicted molar refractivity (Wildman–Crippen MR) is 132 cm³/mol. The molecule has 7 heteroatoms. The van der Waals surface area contributed by atoms with Gasteiger partial charge in [-0.1, -0.05) is 36.4 Å². The predicted octanol–water partition coefficient (Wildman–Crippen LogP) is 5.16. The topological polar surface area (TPSA) is 55.4 Å². The maximum atomic E-state index is 13.9. The summed E-state index contributed by atoms with van der Waals surface area (Å²) in [6, 6.07) is 20.6. The average molecular weight is 495 g/mol. The Morgan fingerprint density at radius 2 is 1.53 bits per heavy atom. The highest BCUT2D eigenvalue weighted by atomic mass is 19.1. The minimum absolute atomic E-state index is 0.243. The monoisotopic (exact) mass is 494 g/mol. The normalized spacial score (nSPS) is 24.7. The van der Waals surface area contributed by atoms with E-state index in [4.69, 9.17) is 28.4 Å². The molecule has 2 aliphatic rings. The molecule has 3 aromatic carbocycles. The van der Waals surface area contributed by atoms with Crippen molar-refractivity contribution in [3.8, 4) is 11.5 Å². The lowest BCUT2D eigenvalue weighted by molar-refractivity contribution is -0.176. The van der Waals surface area contributed by atoms with E-state index in [1.807, 2.05) is 54.6 Å². The molecule has 0 saturated carbocycles. The van der Waals surface area contributed by atoms with Gasteiger partial charge in [-0.05, 0) is 59.5 Å². The van der Waals surface area contributed by atoms with E-state index in [-0.39, 0.29) is 24.1 Å². The van der Waals surface area contributed by atoms with Crippen molar-refractivity contribution >= 4 is 0 Å². The second-order valence-electron chi connectivity index (χ2n) is 9.31. The molecule has 0 radical (unpaired) electrons. The number of fused-ring (bicyclic) bond motifs is 2. The summed E-state index contributed by atoms with van der Waals surface area (Å²) in [5.74, 6) is 1.35. The van der Waals surface area contributed by atoms with Gasteiger partial charge in [-0.25, -0.2) is 4.39 Å². The van der Waals surface area contributed by atoms with Crippen LogP contribution in [0.2, 0.25) is 0 Å². The van der Waals surface area contributed by atoms with Gasteiger partial charge in [0.25, 0.3) is 0 Å². The first-order valence-corrected chi connectivity index (χ1v) is 12.0. The first-order valence-electron chi connectivity index (χ1n) is 12.0. The van der Waals surface area contributed by atoms with Gasteiger partial charge in [-0.3, -0.25) is 0 Å². The smallest absolute Gasteiger partial charge is 0.144 e. The van der Waals surface area contributed by atoms with Crippen LogP contribution in [0.5, 0.6) is 11.5 Å². The summed E-state index contributed by atoms with van der Waals surface area (Å²) in [5, 5.41) is 0. The summed E-state index contributed by atoms with van der Waals surface area (Å²) in [6.07, 6.45) is -1.04. The van der Waals surface area contributed by atoms with Crippen LogP contribution in [0.3, 0.4) is 0 Å². The van der Waals surface area contributed by atoms with Crippen LogP contribution in [0, 0.1) is 12.7 Å². The third-order valence-electron chi connectivity index (χ3n) is 6.87. The second-order valence-corrected chi connectivity index (χ2v) is 9.31. The quantitative estimate of drug-likeness (QED) is 0.388. The van der Waals surface area contributed by atoms with Gasteiger partial charge in [0.15, 0.2) is 0 Å². The van der Waals surface area contributed by atoms with Gasteiger partial charge in [-0.2, -0.15) is 0 Å². The molecule has 0 aromatic heterocycles. The third-order valence-corrected chi connectivity index (χ3v) is 6.87. The van der Waals surface area contributed by atoms with Crippen molar-refractivity contribution in [2.45, 2.75) is 44.1 Å². The summed E-state index contributed by atoms with van der Waals surface area (Å²) in [7, 11) is 3.28. The molecule has 2 aliphatic heterocycles. The molecule has 0 spiro atoms. The molecule has 0 N–H and O–H groups in total. The highest BCUT2D eigenvalue weighted by Gasteiger charge is 2.62. The number of halogens is 1. The Balaban J connectivity index is 1.32. The molecule has 2 heterocycles. The largest absolute Gasteiger partial charge is 0.497 e. The summed E-state index contributed by atoms with van der Waals surface area (Å²) < 4.78 is 49.8. The van der Waals surface area contributed by atoms with E-state index in [0.717, 1.165) is 28.2 Å². The summed E-state index contributed by atoms with van der Waals surface area (Å²) in [6.45, 7) is 3.24. The highest BCUT2D eigenvalue weighted by molar-refractivity contribution is 5.30. The lowest BCUT2D eigenvalue weighted by Crippen LogP contribution is -2.46. The molecule has 0 aliphatic carbocycles. The lowest BCUT2D eigenvalue weighted by atomic mass is 9.96. The lowest BCUT2D eigenvalue weighted by Gasteiger charge is -2.31. The van der Waals surface area contributed by atoms with Crippen molar-refractivity contribution in [3.63, 3.8) is 0 Å². The number of hydrogen-bond acceptors (Lipinski definition) is 6. The Hall–Kier alpha value is -2.97. The van der Waals surface area contributed by atoms with Crippen molar-refractivity contribution < 1.29 is 32.8 Å². The fourth-order valence-electron chi connectivity index (χ4n) is 4.85. The Labute approximate surface area is 210 Å². The molecule has 190 valence electrons. The highest BCUT2D eigenvalue weighted by Crippen LogP contribution is 2.49. The molecule has 2 bridgehead atoms. The minimum atomic E-state index is -0.767. The Morgan fingerprint density at radius 3 is 2.14 bits per heavy atom. The minimum Gasteiger partial charge on any atom is -0.497 e. The molecular weight excluding hydrogens is 463 g/mol. The van der Waals surface area contributed by atoms with E-state index in [1.54, 1.807) is 27.2 Å². The van der Waals surface area contributed by atoms with Crippen LogP contribution in [0.25, 0.3) is 0 Å². The Kier molecular flexibility index (Phi) is 7.25. The summed E-state index contributed by atoms with van der Waals surface area (Å²) in [5.41, 5.74) is 2.72. The maximum absolute atomic E-state index is 13.9. The molecule has 2 saturated heterocycles. The van der Waals surface area contributed by atoms with E-state index in [2.05, 4.69) is 0 Å². The van der Waals surface area contributed by atoms with Gasteiger partial charge < -0.3 is 28.4 Å². The van der Waals surface area contributed by atoms with Crippen LogP contribution in [-0.2, 0) is 32.2 Å². The van der Waals surface area contributed by atoms with E-state index >= 15 is 0 Å². The second kappa shape index (κ2) is 10.6. The van der Waals surface area contributed by atoms with Crippen molar-refractivity contribution in [1.82, 2.24) is 0 Å². The first kappa shape index (κ1) is 24.7. The number of methoxy groups -OCH3 is 2. The van der Waals surface area contributed by atoms with Crippen molar-refractivity contribution in [2.75, 3.05) is 27.4 Å². The van der Waals surface area contributed by atoms with Crippen molar-refractivity contribution in [1.29, 1.82) is 0 Å². The summed E-state index contributed by atoms with van der Waals surface area (Å²) in [4.78, 5) is 0. The number of hydrogen-bond donors (Lipinski definition) is 0. The zero-order chi connectivity index (χ0) is 25.1. The fourth-order valence-corrected chi connectivity index (χ4v) is 4.85. The fraction of sp³-hybridized carbons (Fsp3) is 0.379. The molecule has 2 fully saturated rings. The zero-order valence-electron chi connectivity index (χ0n) is 20.7. The van der Waals surface area contributed by atoms with Crippen molar-refractivity contribution in [3.05, 3.63) is 94.8 Å². The van der Waals surface area contributed by atoms with Crippen LogP contribution in [-0.4, -0.2) is 45.2 Å². The molecule has 36 heavy (non-hydrogen) atoms. The number of rotatable bonds is 10. The van der Waals surface area contributed by atoms with Crippen LogP contribution >= 0.6 is 0 Å². The number of benzene rings is 3. The van der Waals surface area contributed by atoms with Crippen LogP contribution in [0.4, 0.5) is 4.39 Å². The van der Waals surface area contributed by atoms with E-state index in [9.17, 15) is 4.39 Å². The van der Waals surface area contributed by atoms with Crippen LogP contribution < -0.4 is 9.47 Å². The maximum Gasteiger partial charge on any atom is 0.144 e. The van der Waals surface area contributed by atoms with E-state index < -0.39 is 5.60 Å². The molecule has 4 atom stereocenters. The van der Waals surface area contributed by atoms with Gasteiger partial charge in [-0.15, -0.1) is 0 Å². The molecule has 6 nitrogen and oxygen atoms in total. The SMILES string of the molecule is COc1ccc(COC[C@@]23CO[C@H]([C@H](c4ccc(F)c(C)c4)O2)[C@@H]3OCc2ccc(OC)cc2)cc1. The summed E-state index contributed by atoms with van der Waals surface area (Å²) >= 11 is 0. The number of aryl methyl sites for hydroxylation is 1. The average Bonchev–Trinajstić information content (AvgIpc) is 3.41. The third kappa shape index (κ3) is 4.97. The standard InChI is InChI=1S/C29H31FO6/c1-19-14-22(8-13-25(19)30)26-27-28(34-16-21-6-11-24(32-3)12-7-21)29(36-26,18-35-27)17-33-15-20-4-9-23(31-2)10-5-20/h4-14,26-28H,15-18H2,1-3H3/t26-,27+,28-,29-/m0/s1. The molecule has 5 rings (SSSR count). The zero-order valence-corrected chi connectivity index (χ0v) is 20.7. The molecule has 3 aromatic rings. The van der Waals surface area contributed by atoms with Gasteiger partial charge in [0.2, 0.25) is 0 Å². The van der Waals surface area contributed by atoms with E-state index in [1.165, 1.54) is 6.07 Å². The molecule has 0 unspecified atom stereocenters. The van der Waals surface area contributed by atoms with Gasteiger partial charge in [0.1, 0.15) is 41.2 Å². The molecule has 0 amide bonds. The van der Waals surface area contributed by atoms with Crippen LogP contribution in [0.15, 0.2) is 66.7 Å². The van der Waals surface area contributed by atoms with Gasteiger partial charge in [0.05, 0.1) is 40.6 Å². The van der Waals surface area contributed by atoms with Gasteiger partial charge in [0, 0.05) is 0 Å². The van der Waals surface area contributed by atoms with Crippen LogP contribution in [0.1, 0.15) is 28.4 Å². The van der Waals surface area contributed by atoms with E-state index in [0.29, 0.717) is 32.0 Å². The Morgan fingerprint density at radius 1 is 0.889 bits per heavy atom. The first-order chi connectivity index (χ1) is 17.5. The molecular formula is C29H31FO6. The van der Waals surface area contributed by atoms with Gasteiger partial charge >= 0.3 is 0 Å². The van der Waals surface area contributed by atoms with Crippen molar-refractivity contribution in [2.24, 2.45) is 0 Å². The number of ether oxygens (including phenoxy) is 6.